The summed E-state index contributed by atoms with van der Waals surface area (Å²) in [5.74, 6) is -1.56. The van der Waals surface area contributed by atoms with Crippen molar-refractivity contribution in [1.82, 2.24) is 10.6 Å². The fourth-order valence-electron chi connectivity index (χ4n) is 1.84. The van der Waals surface area contributed by atoms with Crippen molar-refractivity contribution in [2.75, 3.05) is 13.1 Å². The van der Waals surface area contributed by atoms with Crippen molar-refractivity contribution in [2.24, 2.45) is 0 Å². The highest BCUT2D eigenvalue weighted by Gasteiger charge is 2.11. The van der Waals surface area contributed by atoms with Crippen LogP contribution in [0, 0.1) is 5.82 Å². The van der Waals surface area contributed by atoms with Gasteiger partial charge in [0.25, 0.3) is 11.8 Å². The normalized spacial score (nSPS) is 10.2. The summed E-state index contributed by atoms with van der Waals surface area (Å²) in [5, 5.41) is 14.4. The molecule has 0 aromatic heterocycles. The zero-order valence-corrected chi connectivity index (χ0v) is 12.7. The molecule has 3 N–H and O–H groups in total. The highest BCUT2D eigenvalue weighted by Crippen LogP contribution is 2.14. The number of hydrogen-bond acceptors (Lipinski definition) is 3. The van der Waals surface area contributed by atoms with Crippen molar-refractivity contribution in [3.63, 3.8) is 0 Å². The molecule has 0 bridgehead atoms. The molecule has 0 aliphatic rings. The van der Waals surface area contributed by atoms with Gasteiger partial charge in [0.2, 0.25) is 0 Å². The molecule has 0 fully saturated rings. The molecule has 23 heavy (non-hydrogen) atoms. The zero-order valence-electron chi connectivity index (χ0n) is 12.0. The monoisotopic (exact) mass is 336 g/mol. The van der Waals surface area contributed by atoms with E-state index in [1.165, 1.54) is 36.4 Å². The lowest BCUT2D eigenvalue weighted by molar-refractivity contribution is 0.0925. The van der Waals surface area contributed by atoms with E-state index in [0.29, 0.717) is 5.56 Å². The van der Waals surface area contributed by atoms with E-state index in [1.54, 1.807) is 0 Å². The van der Waals surface area contributed by atoms with Crippen molar-refractivity contribution >= 4 is 23.4 Å². The third-order valence-electron chi connectivity index (χ3n) is 3.00. The Labute approximate surface area is 137 Å². The lowest BCUT2D eigenvalue weighted by Gasteiger charge is -2.08. The predicted octanol–water partition coefficient (Wildman–Crippen LogP) is 2.34. The Morgan fingerprint density at radius 1 is 1.00 bits per heavy atom. The van der Waals surface area contributed by atoms with Gasteiger partial charge in [-0.05, 0) is 42.5 Å². The number of aromatic hydroxyl groups is 1. The molecule has 2 amide bonds. The summed E-state index contributed by atoms with van der Waals surface area (Å²) in [5.41, 5.74) is 0.275. The van der Waals surface area contributed by atoms with Gasteiger partial charge in [0.15, 0.2) is 0 Å². The Hall–Kier alpha value is -2.60. The van der Waals surface area contributed by atoms with Gasteiger partial charge in [-0.1, -0.05) is 11.6 Å². The van der Waals surface area contributed by atoms with Crippen molar-refractivity contribution < 1.29 is 19.1 Å². The van der Waals surface area contributed by atoms with Gasteiger partial charge in [-0.2, -0.15) is 0 Å². The maximum absolute atomic E-state index is 13.6. The van der Waals surface area contributed by atoms with Gasteiger partial charge < -0.3 is 15.7 Å². The summed E-state index contributed by atoms with van der Waals surface area (Å²) in [6.45, 7) is 0.325. The van der Waals surface area contributed by atoms with Crippen molar-refractivity contribution in [3.05, 3.63) is 64.4 Å². The molecular weight excluding hydrogens is 323 g/mol. The van der Waals surface area contributed by atoms with Crippen LogP contribution in [-0.2, 0) is 0 Å². The third-order valence-corrected chi connectivity index (χ3v) is 3.24. The number of rotatable bonds is 5. The van der Waals surface area contributed by atoms with E-state index in [-0.39, 0.29) is 35.3 Å². The Kier molecular flexibility index (Phi) is 5.54. The van der Waals surface area contributed by atoms with Gasteiger partial charge >= 0.3 is 0 Å². The molecule has 0 atom stereocenters. The number of amides is 2. The van der Waals surface area contributed by atoms with Crippen LogP contribution < -0.4 is 10.6 Å². The van der Waals surface area contributed by atoms with Crippen LogP contribution in [0.2, 0.25) is 5.02 Å². The average Bonchev–Trinajstić information content (AvgIpc) is 2.51. The molecule has 0 heterocycles. The number of carbonyl (C=O) groups is 2. The first kappa shape index (κ1) is 16.8. The molecule has 0 aliphatic heterocycles. The molecule has 0 saturated heterocycles. The maximum atomic E-state index is 13.6. The smallest absolute Gasteiger partial charge is 0.254 e. The number of phenols is 1. The van der Waals surface area contributed by atoms with Gasteiger partial charge in [0.1, 0.15) is 11.6 Å². The van der Waals surface area contributed by atoms with Crippen molar-refractivity contribution in [2.45, 2.75) is 0 Å². The van der Waals surface area contributed by atoms with Crippen LogP contribution in [0.25, 0.3) is 0 Å². The van der Waals surface area contributed by atoms with Crippen molar-refractivity contribution in [3.8, 4) is 5.75 Å². The minimum atomic E-state index is -0.705. The highest BCUT2D eigenvalue weighted by molar-refractivity contribution is 6.30. The molecule has 120 valence electrons. The number of hydrogen-bond donors (Lipinski definition) is 3. The first-order chi connectivity index (χ1) is 11.0. The van der Waals surface area contributed by atoms with Crippen LogP contribution in [0.4, 0.5) is 4.39 Å². The van der Waals surface area contributed by atoms with Gasteiger partial charge in [-0.3, -0.25) is 9.59 Å². The molecule has 2 aromatic rings. The lowest BCUT2D eigenvalue weighted by atomic mass is 10.2. The molecule has 0 radical (unpaired) electrons. The molecule has 0 aliphatic carbocycles. The van der Waals surface area contributed by atoms with Crippen molar-refractivity contribution in [1.29, 1.82) is 0 Å². The number of nitrogens with one attached hydrogen (secondary N) is 2. The summed E-state index contributed by atoms with van der Waals surface area (Å²) in [6.07, 6.45) is 0. The quantitative estimate of drug-likeness (QED) is 0.733. The van der Waals surface area contributed by atoms with E-state index >= 15 is 0 Å². The minimum Gasteiger partial charge on any atom is -0.508 e. The summed E-state index contributed by atoms with van der Waals surface area (Å²) in [6, 6.07) is 9.54. The highest BCUT2D eigenvalue weighted by atomic mass is 35.5. The largest absolute Gasteiger partial charge is 0.508 e. The van der Waals surface area contributed by atoms with E-state index in [4.69, 9.17) is 16.7 Å². The maximum Gasteiger partial charge on any atom is 0.254 e. The van der Waals surface area contributed by atoms with E-state index in [9.17, 15) is 14.0 Å². The summed E-state index contributed by atoms with van der Waals surface area (Å²) in [7, 11) is 0. The minimum absolute atomic E-state index is 0.0683. The Bertz CT molecular complexity index is 720. The molecule has 0 spiro atoms. The van der Waals surface area contributed by atoms with Crippen LogP contribution in [0.15, 0.2) is 42.5 Å². The molecule has 5 nitrogen and oxygen atoms in total. The number of halogens is 2. The van der Waals surface area contributed by atoms with E-state index < -0.39 is 11.7 Å². The molecule has 7 heteroatoms. The molecule has 0 unspecified atom stereocenters. The van der Waals surface area contributed by atoms with Crippen LogP contribution in [0.3, 0.4) is 0 Å². The van der Waals surface area contributed by atoms with Crippen LogP contribution in [0.1, 0.15) is 20.7 Å². The van der Waals surface area contributed by atoms with Gasteiger partial charge in [-0.25, -0.2) is 4.39 Å². The average molecular weight is 337 g/mol. The van der Waals surface area contributed by atoms with Crippen LogP contribution in [-0.4, -0.2) is 30.0 Å². The van der Waals surface area contributed by atoms with Gasteiger partial charge in [0, 0.05) is 23.7 Å². The van der Waals surface area contributed by atoms with Gasteiger partial charge in [0.05, 0.1) is 5.56 Å². The molecular formula is C16H14ClFN2O3. The molecule has 0 saturated carbocycles. The topological polar surface area (TPSA) is 78.4 Å². The molecule has 2 aromatic carbocycles. The van der Waals surface area contributed by atoms with E-state index in [1.807, 2.05) is 0 Å². The summed E-state index contributed by atoms with van der Waals surface area (Å²) in [4.78, 5) is 23.6. The standard InChI is InChI=1S/C16H14ClFN2O3/c17-11-3-6-13(14(18)9-11)16(23)20-8-7-19-15(22)10-1-4-12(21)5-2-10/h1-6,9,21H,7-8H2,(H,19,22)(H,20,23). The Balaban J connectivity index is 1.79. The second kappa shape index (κ2) is 7.60. The number of carbonyl (C=O) groups excluding carboxylic acids is 2. The Morgan fingerprint density at radius 2 is 1.61 bits per heavy atom. The molecule has 2 rings (SSSR count). The first-order valence-electron chi connectivity index (χ1n) is 6.78. The lowest BCUT2D eigenvalue weighted by Crippen LogP contribution is -2.35. The van der Waals surface area contributed by atoms with Crippen LogP contribution >= 0.6 is 11.6 Å². The van der Waals surface area contributed by atoms with E-state index in [2.05, 4.69) is 10.6 Å². The second-order valence-electron chi connectivity index (χ2n) is 4.68. The summed E-state index contributed by atoms with van der Waals surface area (Å²) < 4.78 is 13.6. The first-order valence-corrected chi connectivity index (χ1v) is 7.15. The third kappa shape index (κ3) is 4.69. The second-order valence-corrected chi connectivity index (χ2v) is 5.12. The van der Waals surface area contributed by atoms with E-state index in [0.717, 1.165) is 6.07 Å². The van der Waals surface area contributed by atoms with Gasteiger partial charge in [-0.15, -0.1) is 0 Å². The SMILES string of the molecule is O=C(NCCNC(=O)c1ccc(Cl)cc1F)c1ccc(O)cc1. The fraction of sp³-hybridized carbons (Fsp3) is 0.125. The van der Waals surface area contributed by atoms with Crippen LogP contribution in [0.5, 0.6) is 5.75 Å². The summed E-state index contributed by atoms with van der Waals surface area (Å²) >= 11 is 5.62. The Morgan fingerprint density at radius 3 is 2.22 bits per heavy atom. The zero-order chi connectivity index (χ0) is 16.8. The number of benzene rings is 2. The fourth-order valence-corrected chi connectivity index (χ4v) is 1.99. The number of phenolic OH excluding ortho intramolecular Hbond substituents is 1. The predicted molar refractivity (Wildman–Crippen MR) is 84.2 cm³/mol.